The molecule has 7 heteroatoms. The fourth-order valence-electron chi connectivity index (χ4n) is 4.35. The molecule has 0 radical (unpaired) electrons. The number of amides is 2. The molecule has 0 atom stereocenters. The van der Waals surface area contributed by atoms with Gasteiger partial charge in [-0.2, -0.15) is 0 Å². The maximum atomic E-state index is 13.3. The second kappa shape index (κ2) is 12.4. The fourth-order valence-corrected chi connectivity index (χ4v) is 4.35. The number of benzene rings is 3. The lowest BCUT2D eigenvalue weighted by Crippen LogP contribution is -2.40. The number of rotatable bonds is 10. The van der Waals surface area contributed by atoms with Gasteiger partial charge in [-0.1, -0.05) is 58.0 Å². The highest BCUT2D eigenvalue weighted by Gasteiger charge is 2.22. The molecule has 0 fully saturated rings. The lowest BCUT2D eigenvalue weighted by molar-refractivity contribution is -0.117. The Hall–Kier alpha value is -4.39. The third-order valence-electron chi connectivity index (χ3n) is 6.41. The van der Waals surface area contributed by atoms with Crippen LogP contribution >= 0.6 is 0 Å². The van der Waals surface area contributed by atoms with Gasteiger partial charge in [0.25, 0.3) is 5.91 Å². The Morgan fingerprint density at radius 2 is 1.59 bits per heavy atom. The van der Waals surface area contributed by atoms with Gasteiger partial charge in [-0.15, -0.1) is 0 Å². The van der Waals surface area contributed by atoms with E-state index < -0.39 is 0 Å². The molecule has 7 nitrogen and oxygen atoms in total. The molecule has 0 aliphatic carbocycles. The topological polar surface area (TPSA) is 76.5 Å². The molecule has 0 saturated heterocycles. The Bertz CT molecular complexity index is 1390. The van der Waals surface area contributed by atoms with Crippen LogP contribution in [0.5, 0.6) is 5.75 Å². The van der Waals surface area contributed by atoms with Crippen LogP contribution in [0.2, 0.25) is 0 Å². The number of anilines is 1. The first-order chi connectivity index (χ1) is 18.7. The van der Waals surface area contributed by atoms with Gasteiger partial charge in [0.05, 0.1) is 12.8 Å². The molecule has 1 aromatic heterocycles. The van der Waals surface area contributed by atoms with Crippen molar-refractivity contribution in [3.8, 4) is 22.7 Å². The first-order valence-electron chi connectivity index (χ1n) is 13.2. The predicted octanol–water partition coefficient (Wildman–Crippen LogP) is 6.41. The minimum atomic E-state index is -0.313. The van der Waals surface area contributed by atoms with Crippen molar-refractivity contribution in [2.24, 2.45) is 5.92 Å². The lowest BCUT2D eigenvalue weighted by Gasteiger charge is -2.24. The van der Waals surface area contributed by atoms with Gasteiger partial charge in [-0.3, -0.25) is 19.5 Å². The molecule has 4 rings (SSSR count). The summed E-state index contributed by atoms with van der Waals surface area (Å²) < 4.78 is 7.16. The number of carbonyl (C=O) groups excluding carboxylic acids is 2. The number of hydrogen-bond donors (Lipinski definition) is 1. The molecule has 4 aromatic rings. The van der Waals surface area contributed by atoms with Gasteiger partial charge >= 0.3 is 0 Å². The molecule has 0 unspecified atom stereocenters. The Morgan fingerprint density at radius 3 is 2.18 bits per heavy atom. The Balaban J connectivity index is 1.63. The molecule has 0 spiro atoms. The van der Waals surface area contributed by atoms with Crippen LogP contribution < -0.4 is 10.1 Å². The number of carbonyl (C=O) groups is 2. The highest BCUT2D eigenvalue weighted by molar-refractivity contribution is 5.99. The van der Waals surface area contributed by atoms with E-state index in [2.05, 4.69) is 31.3 Å². The van der Waals surface area contributed by atoms with Crippen molar-refractivity contribution < 1.29 is 14.3 Å². The Labute approximate surface area is 230 Å². The largest absolute Gasteiger partial charge is 0.497 e. The minimum absolute atomic E-state index is 0.0804. The van der Waals surface area contributed by atoms with E-state index in [0.717, 1.165) is 17.0 Å². The molecule has 2 amide bonds. The summed E-state index contributed by atoms with van der Waals surface area (Å²) in [5, 5.41) is 2.96. The van der Waals surface area contributed by atoms with E-state index in [4.69, 9.17) is 9.72 Å². The maximum absolute atomic E-state index is 13.3. The second-order valence-electron chi connectivity index (χ2n) is 10.3. The van der Waals surface area contributed by atoms with E-state index in [0.29, 0.717) is 29.7 Å². The zero-order valence-electron chi connectivity index (χ0n) is 23.2. The zero-order chi connectivity index (χ0) is 27.9. The van der Waals surface area contributed by atoms with Crippen LogP contribution in [0.15, 0.2) is 85.1 Å². The van der Waals surface area contributed by atoms with Crippen molar-refractivity contribution in [3.63, 3.8) is 0 Å². The van der Waals surface area contributed by atoms with E-state index in [9.17, 15) is 9.59 Å². The van der Waals surface area contributed by atoms with E-state index in [1.165, 1.54) is 5.56 Å². The summed E-state index contributed by atoms with van der Waals surface area (Å²) in [6.07, 6.45) is 1.91. The number of nitrogens with zero attached hydrogens (tertiary/aromatic N) is 3. The SMILES string of the molecule is COc1ccc(-c2cn(-c3ccc(C(C)C)cc3)c(NC(=O)CN(CC(C)C)C(=O)c3ccccc3)n2)cc1. The predicted molar refractivity (Wildman–Crippen MR) is 155 cm³/mol. The molecule has 1 N–H and O–H groups in total. The standard InChI is InChI=1S/C32H36N4O3/c1-22(2)19-35(31(38)26-9-7-6-8-10-26)21-30(37)34-32-33-29(25-13-17-28(39-5)18-14-25)20-36(32)27-15-11-24(12-16-27)23(3)4/h6-18,20,22-23H,19,21H2,1-5H3,(H,33,34,37). The van der Waals surface area contributed by atoms with E-state index >= 15 is 0 Å². The molecule has 202 valence electrons. The summed E-state index contributed by atoms with van der Waals surface area (Å²) in [5.41, 5.74) is 4.26. The third kappa shape index (κ3) is 6.93. The quantitative estimate of drug-likeness (QED) is 0.260. The van der Waals surface area contributed by atoms with Crippen LogP contribution in [0.4, 0.5) is 5.95 Å². The molecule has 3 aromatic carbocycles. The highest BCUT2D eigenvalue weighted by atomic mass is 16.5. The highest BCUT2D eigenvalue weighted by Crippen LogP contribution is 2.27. The normalized spacial score (nSPS) is 11.1. The van der Waals surface area contributed by atoms with Crippen molar-refractivity contribution in [3.05, 3.63) is 96.2 Å². The zero-order valence-corrected chi connectivity index (χ0v) is 23.2. The van der Waals surface area contributed by atoms with Gasteiger partial charge in [0.2, 0.25) is 11.9 Å². The third-order valence-corrected chi connectivity index (χ3v) is 6.41. The van der Waals surface area contributed by atoms with Crippen LogP contribution in [0, 0.1) is 5.92 Å². The van der Waals surface area contributed by atoms with Crippen LogP contribution in [0.25, 0.3) is 16.9 Å². The number of methoxy groups -OCH3 is 1. The number of aromatic nitrogens is 2. The summed E-state index contributed by atoms with van der Waals surface area (Å²) >= 11 is 0. The molecule has 0 bridgehead atoms. The van der Waals surface area contributed by atoms with Crippen molar-refractivity contribution >= 4 is 17.8 Å². The number of nitrogens with one attached hydrogen (secondary N) is 1. The molecule has 39 heavy (non-hydrogen) atoms. The molecule has 0 saturated carbocycles. The van der Waals surface area contributed by atoms with E-state index in [1.807, 2.05) is 79.2 Å². The van der Waals surface area contributed by atoms with Gasteiger partial charge in [0.1, 0.15) is 12.3 Å². The Kier molecular flexibility index (Phi) is 8.81. The number of ether oxygens (including phenoxy) is 1. The first-order valence-corrected chi connectivity index (χ1v) is 13.2. The van der Waals surface area contributed by atoms with Gasteiger partial charge < -0.3 is 9.64 Å². The Morgan fingerprint density at radius 1 is 0.923 bits per heavy atom. The molecule has 0 aliphatic rings. The summed E-state index contributed by atoms with van der Waals surface area (Å²) in [4.78, 5) is 32.9. The van der Waals surface area contributed by atoms with Gasteiger partial charge in [0.15, 0.2) is 0 Å². The van der Waals surface area contributed by atoms with Gasteiger partial charge in [-0.05, 0) is 65.9 Å². The van der Waals surface area contributed by atoms with E-state index in [-0.39, 0.29) is 24.3 Å². The summed E-state index contributed by atoms with van der Waals surface area (Å²) in [7, 11) is 1.63. The molecule has 1 heterocycles. The summed E-state index contributed by atoms with van der Waals surface area (Å²) in [5.74, 6) is 1.26. The van der Waals surface area contributed by atoms with Crippen molar-refractivity contribution in [1.82, 2.24) is 14.5 Å². The van der Waals surface area contributed by atoms with Crippen LogP contribution in [0.3, 0.4) is 0 Å². The van der Waals surface area contributed by atoms with Crippen molar-refractivity contribution in [2.45, 2.75) is 33.6 Å². The van der Waals surface area contributed by atoms with Crippen LogP contribution in [-0.2, 0) is 4.79 Å². The number of hydrogen-bond acceptors (Lipinski definition) is 4. The minimum Gasteiger partial charge on any atom is -0.497 e. The van der Waals surface area contributed by atoms with Crippen LogP contribution in [-0.4, -0.2) is 46.5 Å². The van der Waals surface area contributed by atoms with E-state index in [1.54, 1.807) is 24.1 Å². The summed E-state index contributed by atoms with van der Waals surface area (Å²) in [6, 6.07) is 24.9. The van der Waals surface area contributed by atoms with Gasteiger partial charge in [-0.25, -0.2) is 4.98 Å². The maximum Gasteiger partial charge on any atom is 0.254 e. The summed E-state index contributed by atoms with van der Waals surface area (Å²) in [6.45, 7) is 8.74. The average Bonchev–Trinajstić information content (AvgIpc) is 3.36. The van der Waals surface area contributed by atoms with Crippen LogP contribution in [0.1, 0.15) is 49.5 Å². The lowest BCUT2D eigenvalue weighted by atomic mass is 10.0. The monoisotopic (exact) mass is 524 g/mol. The molecular formula is C32H36N4O3. The smallest absolute Gasteiger partial charge is 0.254 e. The number of imidazole rings is 1. The first kappa shape index (κ1) is 27.6. The molecular weight excluding hydrogens is 488 g/mol. The fraction of sp³-hybridized carbons (Fsp3) is 0.281. The van der Waals surface area contributed by atoms with Crippen molar-refractivity contribution in [1.29, 1.82) is 0 Å². The second-order valence-corrected chi connectivity index (χ2v) is 10.3. The van der Waals surface area contributed by atoms with Crippen molar-refractivity contribution in [2.75, 3.05) is 25.5 Å². The molecule has 0 aliphatic heterocycles. The average molecular weight is 525 g/mol. The van der Waals surface area contributed by atoms with Gasteiger partial charge in [0, 0.05) is 29.6 Å².